The summed E-state index contributed by atoms with van der Waals surface area (Å²) in [6, 6.07) is 8.01. The van der Waals surface area contributed by atoms with E-state index in [0.29, 0.717) is 6.42 Å². The molecule has 1 fully saturated rings. The molecule has 2 unspecified atom stereocenters. The second-order valence-corrected chi connectivity index (χ2v) is 7.64. The Balaban J connectivity index is 2.07. The van der Waals surface area contributed by atoms with Gasteiger partial charge in [-0.15, -0.1) is 0 Å². The van der Waals surface area contributed by atoms with Crippen LogP contribution in [0.25, 0.3) is 0 Å². The number of hydrogen-bond donors (Lipinski definition) is 0. The third kappa shape index (κ3) is 3.72. The summed E-state index contributed by atoms with van der Waals surface area (Å²) in [7, 11) is -2.95. The number of sulfone groups is 1. The molecule has 19 heavy (non-hydrogen) atoms. The Morgan fingerprint density at radius 3 is 2.68 bits per heavy atom. The van der Waals surface area contributed by atoms with Gasteiger partial charge in [0.1, 0.15) is 15.6 Å². The Morgan fingerprint density at radius 2 is 2.00 bits per heavy atom. The number of rotatable bonds is 4. The van der Waals surface area contributed by atoms with Crippen molar-refractivity contribution in [2.24, 2.45) is 0 Å². The van der Waals surface area contributed by atoms with Crippen molar-refractivity contribution < 1.29 is 13.2 Å². The molecule has 0 radical (unpaired) electrons. The second-order valence-electron chi connectivity index (χ2n) is 5.32. The third-order valence-corrected chi connectivity index (χ3v) is 5.47. The van der Waals surface area contributed by atoms with Gasteiger partial charge in [0.2, 0.25) is 0 Å². The van der Waals surface area contributed by atoms with Crippen LogP contribution < -0.4 is 4.74 Å². The zero-order valence-corrected chi connectivity index (χ0v) is 12.4. The summed E-state index contributed by atoms with van der Waals surface area (Å²) >= 11 is 0. The van der Waals surface area contributed by atoms with E-state index in [1.165, 1.54) is 11.8 Å². The van der Waals surface area contributed by atoms with Gasteiger partial charge in [-0.05, 0) is 37.3 Å². The van der Waals surface area contributed by atoms with Crippen molar-refractivity contribution in [1.29, 1.82) is 0 Å². The van der Waals surface area contributed by atoms with Gasteiger partial charge in [-0.3, -0.25) is 0 Å². The molecule has 1 saturated carbocycles. The van der Waals surface area contributed by atoms with Gasteiger partial charge >= 0.3 is 0 Å². The maximum atomic E-state index is 11.7. The molecule has 0 aliphatic heterocycles. The molecule has 0 N–H and O–H groups in total. The van der Waals surface area contributed by atoms with E-state index in [2.05, 4.69) is 13.0 Å². The van der Waals surface area contributed by atoms with E-state index in [1.807, 2.05) is 18.2 Å². The van der Waals surface area contributed by atoms with E-state index < -0.39 is 9.84 Å². The smallest absolute Gasteiger partial charge is 0.150 e. The maximum absolute atomic E-state index is 11.7. The van der Waals surface area contributed by atoms with Crippen LogP contribution in [0.5, 0.6) is 5.75 Å². The summed E-state index contributed by atoms with van der Waals surface area (Å²) < 4.78 is 29.3. The highest BCUT2D eigenvalue weighted by molar-refractivity contribution is 7.91. The predicted octanol–water partition coefficient (Wildman–Crippen LogP) is 2.98. The normalized spacial score (nSPS) is 24.1. The van der Waals surface area contributed by atoms with Crippen molar-refractivity contribution in [2.75, 3.05) is 6.26 Å². The highest BCUT2D eigenvalue weighted by Crippen LogP contribution is 2.29. The molecule has 106 valence electrons. The van der Waals surface area contributed by atoms with E-state index >= 15 is 0 Å². The molecule has 0 bridgehead atoms. The van der Waals surface area contributed by atoms with Crippen LogP contribution in [0.4, 0.5) is 0 Å². The van der Waals surface area contributed by atoms with Crippen molar-refractivity contribution in [3.05, 3.63) is 29.8 Å². The predicted molar refractivity (Wildman–Crippen MR) is 77.3 cm³/mol. The van der Waals surface area contributed by atoms with Gasteiger partial charge in [0.15, 0.2) is 0 Å². The van der Waals surface area contributed by atoms with E-state index in [4.69, 9.17) is 4.74 Å². The third-order valence-electron chi connectivity index (χ3n) is 3.83. The Labute approximate surface area is 115 Å². The fourth-order valence-electron chi connectivity index (χ4n) is 2.69. The Morgan fingerprint density at radius 1 is 1.26 bits per heavy atom. The molecule has 1 aliphatic rings. The molecule has 4 heteroatoms. The lowest BCUT2D eigenvalue weighted by Crippen LogP contribution is -2.33. The Bertz CT molecular complexity index is 522. The van der Waals surface area contributed by atoms with Crippen molar-refractivity contribution in [3.8, 4) is 5.75 Å². The van der Waals surface area contributed by atoms with Crippen LogP contribution in [0.3, 0.4) is 0 Å². The summed E-state index contributed by atoms with van der Waals surface area (Å²) in [5.74, 6) is 0.907. The number of hydrogen-bond acceptors (Lipinski definition) is 3. The van der Waals surface area contributed by atoms with Crippen LogP contribution in [0.2, 0.25) is 0 Å². The molecule has 0 aromatic heterocycles. The summed E-state index contributed by atoms with van der Waals surface area (Å²) in [6.07, 6.45) is 5.56. The zero-order valence-electron chi connectivity index (χ0n) is 11.6. The molecule has 0 saturated heterocycles. The van der Waals surface area contributed by atoms with Gasteiger partial charge in [0.05, 0.1) is 11.4 Å². The van der Waals surface area contributed by atoms with Crippen LogP contribution in [-0.4, -0.2) is 26.0 Å². The standard InChI is InChI=1S/C15H22O3S/c1-3-12-7-4-5-10-15(12)18-13-8-6-9-14(11-13)19(2,16)17/h4-5,7,10,13-14H,3,6,8-9,11H2,1-2H3. The van der Waals surface area contributed by atoms with Crippen LogP contribution >= 0.6 is 0 Å². The van der Waals surface area contributed by atoms with Crippen LogP contribution in [0.1, 0.15) is 38.2 Å². The Kier molecular flexibility index (Phi) is 4.50. The summed E-state index contributed by atoms with van der Waals surface area (Å²) in [6.45, 7) is 2.10. The number of ether oxygens (including phenoxy) is 1. The lowest BCUT2D eigenvalue weighted by molar-refractivity contribution is 0.155. The van der Waals surface area contributed by atoms with Gasteiger partial charge < -0.3 is 4.74 Å². The first kappa shape index (κ1) is 14.4. The highest BCUT2D eigenvalue weighted by atomic mass is 32.2. The molecular formula is C15H22O3S. The van der Waals surface area contributed by atoms with E-state index in [-0.39, 0.29) is 11.4 Å². The molecule has 3 nitrogen and oxygen atoms in total. The molecule has 2 rings (SSSR count). The van der Waals surface area contributed by atoms with Gasteiger partial charge in [-0.25, -0.2) is 8.42 Å². The minimum Gasteiger partial charge on any atom is -0.490 e. The highest BCUT2D eigenvalue weighted by Gasteiger charge is 2.30. The van der Waals surface area contributed by atoms with Gasteiger partial charge in [0, 0.05) is 12.7 Å². The number of benzene rings is 1. The minimum atomic E-state index is -2.95. The largest absolute Gasteiger partial charge is 0.490 e. The SMILES string of the molecule is CCc1ccccc1OC1CCCC(S(C)(=O)=O)C1. The van der Waals surface area contributed by atoms with Gasteiger partial charge in [0.25, 0.3) is 0 Å². The molecular weight excluding hydrogens is 260 g/mol. The molecule has 0 spiro atoms. The summed E-state index contributed by atoms with van der Waals surface area (Å²) in [5, 5.41) is -0.236. The topological polar surface area (TPSA) is 43.4 Å². The summed E-state index contributed by atoms with van der Waals surface area (Å²) in [5.41, 5.74) is 1.18. The van der Waals surface area contributed by atoms with E-state index in [0.717, 1.165) is 31.4 Å². The number of aryl methyl sites for hydroxylation is 1. The van der Waals surface area contributed by atoms with Crippen molar-refractivity contribution in [3.63, 3.8) is 0 Å². The molecule has 1 aromatic rings. The average molecular weight is 282 g/mol. The minimum absolute atomic E-state index is 0.0289. The second kappa shape index (κ2) is 5.95. The molecule has 0 amide bonds. The van der Waals surface area contributed by atoms with E-state index in [1.54, 1.807) is 0 Å². The monoisotopic (exact) mass is 282 g/mol. The summed E-state index contributed by atoms with van der Waals surface area (Å²) in [4.78, 5) is 0. The van der Waals surface area contributed by atoms with Crippen LogP contribution in [0, 0.1) is 0 Å². The lowest BCUT2D eigenvalue weighted by Gasteiger charge is -2.29. The first-order chi connectivity index (χ1) is 9.00. The van der Waals surface area contributed by atoms with Crippen LogP contribution in [-0.2, 0) is 16.3 Å². The zero-order chi connectivity index (χ0) is 13.9. The maximum Gasteiger partial charge on any atom is 0.150 e. The number of para-hydroxylation sites is 1. The van der Waals surface area contributed by atoms with Crippen LogP contribution in [0.15, 0.2) is 24.3 Å². The fraction of sp³-hybridized carbons (Fsp3) is 0.600. The quantitative estimate of drug-likeness (QED) is 0.852. The van der Waals surface area contributed by atoms with Gasteiger partial charge in [-0.1, -0.05) is 25.1 Å². The van der Waals surface area contributed by atoms with Crippen molar-refractivity contribution in [2.45, 2.75) is 50.4 Å². The average Bonchev–Trinajstić information content (AvgIpc) is 2.39. The molecule has 0 heterocycles. The van der Waals surface area contributed by atoms with E-state index in [9.17, 15) is 8.42 Å². The molecule has 2 atom stereocenters. The molecule has 1 aliphatic carbocycles. The fourth-order valence-corrected chi connectivity index (χ4v) is 3.85. The Hall–Kier alpha value is -1.03. The first-order valence-electron chi connectivity index (χ1n) is 6.94. The van der Waals surface area contributed by atoms with Gasteiger partial charge in [-0.2, -0.15) is 0 Å². The molecule has 1 aromatic carbocycles. The first-order valence-corrected chi connectivity index (χ1v) is 8.89. The lowest BCUT2D eigenvalue weighted by atomic mass is 9.97. The van der Waals surface area contributed by atoms with Crippen molar-refractivity contribution in [1.82, 2.24) is 0 Å². The van der Waals surface area contributed by atoms with Crippen molar-refractivity contribution >= 4 is 9.84 Å².